The van der Waals surface area contributed by atoms with Crippen LogP contribution in [0.1, 0.15) is 19.4 Å². The Bertz CT molecular complexity index is 676. The topological polar surface area (TPSA) is 4.93 Å². The van der Waals surface area contributed by atoms with Gasteiger partial charge in [0.15, 0.2) is 0 Å². The third kappa shape index (κ3) is 1.32. The summed E-state index contributed by atoms with van der Waals surface area (Å²) in [6.07, 6.45) is 1.19. The molecular formula is C16H17N. The smallest absolute Gasteiger partial charge is 0.0524 e. The molecule has 17 heavy (non-hydrogen) atoms. The molecule has 0 aliphatic carbocycles. The van der Waals surface area contributed by atoms with E-state index in [2.05, 4.69) is 47.0 Å². The van der Waals surface area contributed by atoms with Crippen LogP contribution in [0.2, 0.25) is 0 Å². The van der Waals surface area contributed by atoms with Crippen LogP contribution in [-0.4, -0.2) is 4.57 Å². The Morgan fingerprint density at radius 2 is 1.65 bits per heavy atom. The van der Waals surface area contributed by atoms with Crippen molar-refractivity contribution in [2.45, 2.75) is 26.8 Å². The summed E-state index contributed by atoms with van der Waals surface area (Å²) in [6, 6.07) is 15.4. The van der Waals surface area contributed by atoms with Crippen molar-refractivity contribution in [1.29, 1.82) is 0 Å². The Balaban J connectivity index is 0.000000431. The van der Waals surface area contributed by atoms with Crippen molar-refractivity contribution in [3.05, 3.63) is 48.0 Å². The number of aromatic nitrogens is 1. The number of benzene rings is 2. The van der Waals surface area contributed by atoms with Crippen molar-refractivity contribution in [3.63, 3.8) is 0 Å². The zero-order valence-electron chi connectivity index (χ0n) is 10.4. The van der Waals surface area contributed by atoms with Crippen molar-refractivity contribution < 1.29 is 0 Å². The number of nitrogens with zero attached hydrogens (tertiary/aromatic N) is 1. The molecule has 86 valence electrons. The molecule has 1 aliphatic rings. The van der Waals surface area contributed by atoms with E-state index in [0.717, 1.165) is 6.54 Å². The fourth-order valence-electron chi connectivity index (χ4n) is 2.85. The van der Waals surface area contributed by atoms with E-state index in [-0.39, 0.29) is 0 Å². The Hall–Kier alpha value is -1.76. The van der Waals surface area contributed by atoms with Gasteiger partial charge in [0, 0.05) is 22.8 Å². The molecule has 0 radical (unpaired) electrons. The average Bonchev–Trinajstić information content (AvgIpc) is 2.98. The first-order valence-corrected chi connectivity index (χ1v) is 6.44. The number of hydrogen-bond acceptors (Lipinski definition) is 0. The molecule has 0 saturated heterocycles. The summed E-state index contributed by atoms with van der Waals surface area (Å²) in [5.74, 6) is 0. The van der Waals surface area contributed by atoms with Gasteiger partial charge in [0.25, 0.3) is 0 Å². The summed E-state index contributed by atoms with van der Waals surface area (Å²) in [5, 5.41) is 2.81. The van der Waals surface area contributed by atoms with Gasteiger partial charge in [-0.05, 0) is 18.1 Å². The lowest BCUT2D eigenvalue weighted by molar-refractivity contribution is 0.796. The molecule has 2 aromatic carbocycles. The van der Waals surface area contributed by atoms with Crippen LogP contribution in [0, 0.1) is 0 Å². The van der Waals surface area contributed by atoms with E-state index < -0.39 is 0 Å². The Morgan fingerprint density at radius 3 is 2.53 bits per heavy atom. The molecule has 0 amide bonds. The molecule has 0 fully saturated rings. The van der Waals surface area contributed by atoms with Gasteiger partial charge in [-0.1, -0.05) is 50.2 Å². The first-order valence-electron chi connectivity index (χ1n) is 6.44. The fourth-order valence-corrected chi connectivity index (χ4v) is 2.85. The largest absolute Gasteiger partial charge is 0.340 e. The van der Waals surface area contributed by atoms with E-state index in [0.29, 0.717) is 0 Å². The highest BCUT2D eigenvalue weighted by Gasteiger charge is 2.17. The van der Waals surface area contributed by atoms with Gasteiger partial charge in [0.1, 0.15) is 0 Å². The van der Waals surface area contributed by atoms with Crippen molar-refractivity contribution in [1.82, 2.24) is 4.57 Å². The highest BCUT2D eigenvalue weighted by molar-refractivity contribution is 6.09. The molecule has 1 nitrogen and oxygen atoms in total. The van der Waals surface area contributed by atoms with E-state index in [1.54, 1.807) is 0 Å². The second-order valence-electron chi connectivity index (χ2n) is 4.23. The Kier molecular flexibility index (Phi) is 2.40. The van der Waals surface area contributed by atoms with Gasteiger partial charge in [-0.3, -0.25) is 0 Å². The van der Waals surface area contributed by atoms with Crippen molar-refractivity contribution in [2.75, 3.05) is 0 Å². The maximum atomic E-state index is 2.46. The molecule has 0 spiro atoms. The number of hydrogen-bond donors (Lipinski definition) is 0. The molecule has 3 aromatic rings. The minimum Gasteiger partial charge on any atom is -0.340 e. The number of rotatable bonds is 0. The predicted molar refractivity (Wildman–Crippen MR) is 74.5 cm³/mol. The molecule has 2 heterocycles. The SMILES string of the molecule is CC.c1ccc2c(c1)c1cccc3c1n2CC3. The minimum atomic E-state index is 1.14. The highest BCUT2D eigenvalue weighted by Crippen LogP contribution is 2.34. The van der Waals surface area contributed by atoms with E-state index in [4.69, 9.17) is 0 Å². The Labute approximate surface area is 102 Å². The van der Waals surface area contributed by atoms with Gasteiger partial charge in [-0.15, -0.1) is 0 Å². The molecule has 1 heteroatoms. The third-order valence-electron chi connectivity index (χ3n) is 3.48. The third-order valence-corrected chi connectivity index (χ3v) is 3.48. The van der Waals surface area contributed by atoms with Crippen molar-refractivity contribution in [2.24, 2.45) is 0 Å². The standard InChI is InChI=1S/C14H11N.C2H6/c1-2-7-13-11(5-1)12-6-3-4-10-8-9-15(13)14(10)12;1-2/h1-7H,8-9H2;1-2H3. The van der Waals surface area contributed by atoms with Gasteiger partial charge >= 0.3 is 0 Å². The summed E-state index contributed by atoms with van der Waals surface area (Å²) in [7, 11) is 0. The molecule has 0 atom stereocenters. The maximum absolute atomic E-state index is 2.46. The van der Waals surface area contributed by atoms with E-state index in [1.807, 2.05) is 13.8 Å². The van der Waals surface area contributed by atoms with Crippen molar-refractivity contribution in [3.8, 4) is 0 Å². The van der Waals surface area contributed by atoms with Crippen LogP contribution in [-0.2, 0) is 13.0 Å². The van der Waals surface area contributed by atoms with Crippen molar-refractivity contribution >= 4 is 21.8 Å². The average molecular weight is 223 g/mol. The molecular weight excluding hydrogens is 206 g/mol. The Morgan fingerprint density at radius 1 is 0.882 bits per heavy atom. The minimum absolute atomic E-state index is 1.14. The van der Waals surface area contributed by atoms with Crippen LogP contribution in [0.3, 0.4) is 0 Å². The lowest BCUT2D eigenvalue weighted by Gasteiger charge is -1.97. The normalized spacial score (nSPS) is 12.8. The van der Waals surface area contributed by atoms with E-state index >= 15 is 0 Å². The van der Waals surface area contributed by atoms with Crippen LogP contribution < -0.4 is 0 Å². The van der Waals surface area contributed by atoms with Crippen LogP contribution in [0.25, 0.3) is 21.8 Å². The monoisotopic (exact) mass is 223 g/mol. The molecule has 4 rings (SSSR count). The van der Waals surface area contributed by atoms with Gasteiger partial charge < -0.3 is 4.57 Å². The lowest BCUT2D eigenvalue weighted by Crippen LogP contribution is -1.90. The second kappa shape index (κ2) is 3.92. The van der Waals surface area contributed by atoms with Crippen LogP contribution in [0.15, 0.2) is 42.5 Å². The summed E-state index contributed by atoms with van der Waals surface area (Å²) in [4.78, 5) is 0. The maximum Gasteiger partial charge on any atom is 0.0524 e. The fraction of sp³-hybridized carbons (Fsp3) is 0.250. The van der Waals surface area contributed by atoms with Gasteiger partial charge in [-0.2, -0.15) is 0 Å². The quantitative estimate of drug-likeness (QED) is 0.533. The number of aryl methyl sites for hydroxylation is 2. The molecule has 0 bridgehead atoms. The van der Waals surface area contributed by atoms with Crippen LogP contribution >= 0.6 is 0 Å². The second-order valence-corrected chi connectivity index (χ2v) is 4.23. The summed E-state index contributed by atoms with van der Waals surface area (Å²) in [5.41, 5.74) is 4.35. The zero-order valence-corrected chi connectivity index (χ0v) is 10.4. The van der Waals surface area contributed by atoms with Crippen LogP contribution in [0.5, 0.6) is 0 Å². The zero-order chi connectivity index (χ0) is 11.8. The first-order chi connectivity index (χ1) is 8.45. The van der Waals surface area contributed by atoms with Gasteiger partial charge in [-0.25, -0.2) is 0 Å². The predicted octanol–water partition coefficient (Wildman–Crippen LogP) is 4.38. The van der Waals surface area contributed by atoms with Gasteiger partial charge in [0.05, 0.1) is 5.52 Å². The molecule has 0 saturated carbocycles. The van der Waals surface area contributed by atoms with Gasteiger partial charge in [0.2, 0.25) is 0 Å². The van der Waals surface area contributed by atoms with E-state index in [9.17, 15) is 0 Å². The molecule has 0 N–H and O–H groups in total. The molecule has 0 unspecified atom stereocenters. The van der Waals surface area contributed by atoms with E-state index in [1.165, 1.54) is 33.8 Å². The first kappa shape index (κ1) is 10.4. The summed E-state index contributed by atoms with van der Waals surface area (Å²) >= 11 is 0. The number of para-hydroxylation sites is 2. The van der Waals surface area contributed by atoms with Crippen LogP contribution in [0.4, 0.5) is 0 Å². The molecule has 1 aromatic heterocycles. The lowest BCUT2D eigenvalue weighted by atomic mass is 10.1. The number of fused-ring (bicyclic) bond motifs is 3. The highest BCUT2D eigenvalue weighted by atomic mass is 15.0. The molecule has 1 aliphatic heterocycles. The summed E-state index contributed by atoms with van der Waals surface area (Å²) < 4.78 is 2.46. The summed E-state index contributed by atoms with van der Waals surface area (Å²) in [6.45, 7) is 5.14.